The number of hydrogen-bond donors (Lipinski definition) is 0. The first-order chi connectivity index (χ1) is 6.31. The molecule has 1 heterocycles. The standard InChI is InChI=1S/C10H11NOS/c1-13-9-4-2-3-8(7-9)11-6-5-10(11)12/h2-4,7H,5-6H2,1H3. The zero-order chi connectivity index (χ0) is 9.26. The number of amides is 1. The molecule has 1 amide bonds. The van der Waals surface area contributed by atoms with Gasteiger partial charge in [-0.1, -0.05) is 6.07 Å². The highest BCUT2D eigenvalue weighted by molar-refractivity contribution is 7.98. The van der Waals surface area contributed by atoms with Crippen molar-refractivity contribution in [2.75, 3.05) is 17.7 Å². The molecule has 0 radical (unpaired) electrons. The number of anilines is 1. The minimum absolute atomic E-state index is 0.234. The van der Waals surface area contributed by atoms with E-state index >= 15 is 0 Å². The number of rotatable bonds is 2. The fourth-order valence-electron chi connectivity index (χ4n) is 1.37. The fraction of sp³-hybridized carbons (Fsp3) is 0.300. The van der Waals surface area contributed by atoms with Crippen molar-refractivity contribution in [3.05, 3.63) is 24.3 Å². The summed E-state index contributed by atoms with van der Waals surface area (Å²) in [5.41, 5.74) is 1.03. The van der Waals surface area contributed by atoms with Crippen LogP contribution in [0.1, 0.15) is 6.42 Å². The van der Waals surface area contributed by atoms with Gasteiger partial charge in [0.15, 0.2) is 0 Å². The molecule has 1 saturated heterocycles. The molecule has 2 nitrogen and oxygen atoms in total. The molecule has 1 aliphatic rings. The number of carbonyl (C=O) groups excluding carboxylic acids is 1. The molecule has 0 saturated carbocycles. The lowest BCUT2D eigenvalue weighted by Crippen LogP contribution is -2.43. The minimum Gasteiger partial charge on any atom is -0.312 e. The van der Waals surface area contributed by atoms with E-state index in [2.05, 4.69) is 12.1 Å². The first-order valence-electron chi connectivity index (χ1n) is 4.25. The molecule has 1 aromatic carbocycles. The van der Waals surface area contributed by atoms with Gasteiger partial charge in [0.2, 0.25) is 5.91 Å². The van der Waals surface area contributed by atoms with Gasteiger partial charge in [0, 0.05) is 23.5 Å². The monoisotopic (exact) mass is 193 g/mol. The van der Waals surface area contributed by atoms with Crippen LogP contribution in [0.5, 0.6) is 0 Å². The van der Waals surface area contributed by atoms with Crippen LogP contribution < -0.4 is 4.90 Å². The molecule has 3 heteroatoms. The lowest BCUT2D eigenvalue weighted by Gasteiger charge is -2.30. The molecule has 68 valence electrons. The van der Waals surface area contributed by atoms with Crippen molar-refractivity contribution in [3.8, 4) is 0 Å². The minimum atomic E-state index is 0.234. The smallest absolute Gasteiger partial charge is 0.228 e. The van der Waals surface area contributed by atoms with Crippen LogP contribution in [-0.4, -0.2) is 18.7 Å². The van der Waals surface area contributed by atoms with Crippen LogP contribution in [0.15, 0.2) is 29.2 Å². The molecular formula is C10H11NOS. The third kappa shape index (κ3) is 1.56. The van der Waals surface area contributed by atoms with E-state index in [0.29, 0.717) is 6.42 Å². The van der Waals surface area contributed by atoms with E-state index in [1.165, 1.54) is 4.90 Å². The molecule has 13 heavy (non-hydrogen) atoms. The number of carbonyl (C=O) groups is 1. The van der Waals surface area contributed by atoms with Crippen molar-refractivity contribution in [1.82, 2.24) is 0 Å². The van der Waals surface area contributed by atoms with E-state index in [-0.39, 0.29) is 5.91 Å². The van der Waals surface area contributed by atoms with Gasteiger partial charge in [-0.25, -0.2) is 0 Å². The van der Waals surface area contributed by atoms with Crippen LogP contribution >= 0.6 is 11.8 Å². The first kappa shape index (κ1) is 8.63. The van der Waals surface area contributed by atoms with Gasteiger partial charge >= 0.3 is 0 Å². The predicted molar refractivity (Wildman–Crippen MR) is 55.2 cm³/mol. The van der Waals surface area contributed by atoms with E-state index in [1.807, 2.05) is 23.3 Å². The molecule has 0 bridgehead atoms. The highest BCUT2D eigenvalue weighted by atomic mass is 32.2. The molecule has 1 fully saturated rings. The lowest BCUT2D eigenvalue weighted by atomic mass is 10.1. The Balaban J connectivity index is 2.24. The van der Waals surface area contributed by atoms with E-state index in [1.54, 1.807) is 11.8 Å². The van der Waals surface area contributed by atoms with Crippen molar-refractivity contribution in [1.29, 1.82) is 0 Å². The van der Waals surface area contributed by atoms with Gasteiger partial charge in [-0.2, -0.15) is 0 Å². The van der Waals surface area contributed by atoms with Crippen molar-refractivity contribution in [3.63, 3.8) is 0 Å². The fourth-order valence-corrected chi connectivity index (χ4v) is 1.82. The van der Waals surface area contributed by atoms with Gasteiger partial charge in [-0.15, -0.1) is 11.8 Å². The summed E-state index contributed by atoms with van der Waals surface area (Å²) in [7, 11) is 0. The van der Waals surface area contributed by atoms with Crippen molar-refractivity contribution in [2.24, 2.45) is 0 Å². The summed E-state index contributed by atoms with van der Waals surface area (Å²) < 4.78 is 0. The summed E-state index contributed by atoms with van der Waals surface area (Å²) in [6, 6.07) is 8.09. The summed E-state index contributed by atoms with van der Waals surface area (Å²) in [5, 5.41) is 0. The zero-order valence-electron chi connectivity index (χ0n) is 7.49. The zero-order valence-corrected chi connectivity index (χ0v) is 8.30. The maximum absolute atomic E-state index is 11.1. The Labute approximate surface area is 81.9 Å². The average Bonchev–Trinajstić information content (AvgIpc) is 2.16. The second-order valence-electron chi connectivity index (χ2n) is 3.00. The summed E-state index contributed by atoms with van der Waals surface area (Å²) in [6.07, 6.45) is 2.74. The molecule has 0 atom stereocenters. The number of nitrogens with zero attached hydrogens (tertiary/aromatic N) is 1. The Morgan fingerprint density at radius 2 is 2.31 bits per heavy atom. The first-order valence-corrected chi connectivity index (χ1v) is 5.48. The molecule has 0 spiro atoms. The molecule has 1 aromatic rings. The molecular weight excluding hydrogens is 182 g/mol. The van der Waals surface area contributed by atoms with E-state index < -0.39 is 0 Å². The SMILES string of the molecule is CSc1cccc(N2CCC2=O)c1. The number of hydrogen-bond acceptors (Lipinski definition) is 2. The molecule has 2 rings (SSSR count). The van der Waals surface area contributed by atoms with Gasteiger partial charge < -0.3 is 4.90 Å². The maximum Gasteiger partial charge on any atom is 0.228 e. The second-order valence-corrected chi connectivity index (χ2v) is 3.88. The second kappa shape index (κ2) is 3.42. The normalized spacial score (nSPS) is 15.8. The highest BCUT2D eigenvalue weighted by Gasteiger charge is 2.24. The Morgan fingerprint density at radius 3 is 2.85 bits per heavy atom. The molecule has 0 aliphatic carbocycles. The van der Waals surface area contributed by atoms with E-state index in [0.717, 1.165) is 12.2 Å². The third-order valence-electron chi connectivity index (χ3n) is 2.22. The van der Waals surface area contributed by atoms with Crippen molar-refractivity contribution in [2.45, 2.75) is 11.3 Å². The number of thioether (sulfide) groups is 1. The summed E-state index contributed by atoms with van der Waals surface area (Å²) in [6.45, 7) is 0.872. The van der Waals surface area contributed by atoms with Gasteiger partial charge in [-0.3, -0.25) is 4.79 Å². The average molecular weight is 193 g/mol. The van der Waals surface area contributed by atoms with E-state index in [4.69, 9.17) is 0 Å². The van der Waals surface area contributed by atoms with Gasteiger partial charge in [0.05, 0.1) is 0 Å². The lowest BCUT2D eigenvalue weighted by molar-refractivity contribution is -0.122. The largest absolute Gasteiger partial charge is 0.312 e. The van der Waals surface area contributed by atoms with Gasteiger partial charge in [0.25, 0.3) is 0 Å². The van der Waals surface area contributed by atoms with Crippen molar-refractivity contribution < 1.29 is 4.79 Å². The molecule has 0 N–H and O–H groups in total. The van der Waals surface area contributed by atoms with Crippen LogP contribution in [0.2, 0.25) is 0 Å². The summed E-state index contributed by atoms with van der Waals surface area (Å²) in [5.74, 6) is 0.234. The Hall–Kier alpha value is -0.960. The summed E-state index contributed by atoms with van der Waals surface area (Å²) in [4.78, 5) is 14.2. The molecule has 1 aliphatic heterocycles. The quantitative estimate of drug-likeness (QED) is 0.530. The Kier molecular flexibility index (Phi) is 2.27. The van der Waals surface area contributed by atoms with Gasteiger partial charge in [-0.05, 0) is 24.5 Å². The van der Waals surface area contributed by atoms with Crippen LogP contribution in [0.3, 0.4) is 0 Å². The highest BCUT2D eigenvalue weighted by Crippen LogP contribution is 2.25. The van der Waals surface area contributed by atoms with Crippen LogP contribution in [0.4, 0.5) is 5.69 Å². The van der Waals surface area contributed by atoms with Crippen LogP contribution in [-0.2, 0) is 4.79 Å². The Morgan fingerprint density at radius 1 is 1.46 bits per heavy atom. The van der Waals surface area contributed by atoms with Crippen LogP contribution in [0.25, 0.3) is 0 Å². The van der Waals surface area contributed by atoms with Crippen LogP contribution in [0, 0.1) is 0 Å². The third-order valence-corrected chi connectivity index (χ3v) is 2.94. The summed E-state index contributed by atoms with van der Waals surface area (Å²) >= 11 is 1.70. The Bertz CT molecular complexity index is 337. The molecule has 0 unspecified atom stereocenters. The molecule has 0 aromatic heterocycles. The van der Waals surface area contributed by atoms with Gasteiger partial charge in [0.1, 0.15) is 0 Å². The maximum atomic E-state index is 11.1. The van der Waals surface area contributed by atoms with Crippen molar-refractivity contribution >= 4 is 23.4 Å². The topological polar surface area (TPSA) is 20.3 Å². The number of benzene rings is 1. The predicted octanol–water partition coefficient (Wildman–Crippen LogP) is 2.15. The van der Waals surface area contributed by atoms with E-state index in [9.17, 15) is 4.79 Å². The number of β-lactam (4-membered cyclic amide) rings is 1.